The van der Waals surface area contributed by atoms with Gasteiger partial charge in [0, 0.05) is 8.16 Å². The molecule has 1 fully saturated rings. The predicted molar refractivity (Wildman–Crippen MR) is 63.6 cm³/mol. The molecule has 0 heterocycles. The number of allylic oxidation sites excluding steroid dienone is 1. The van der Waals surface area contributed by atoms with Gasteiger partial charge in [-0.05, 0) is 43.9 Å². The summed E-state index contributed by atoms with van der Waals surface area (Å²) in [5.74, 6) is 0.667. The van der Waals surface area contributed by atoms with Gasteiger partial charge in [0.05, 0.1) is 5.60 Å². The molecule has 0 aromatic rings. The van der Waals surface area contributed by atoms with Crippen molar-refractivity contribution in [3.05, 3.63) is 12.2 Å². The minimum Gasteiger partial charge on any atom is -0.385 e. The topological polar surface area (TPSA) is 20.2 Å². The molecule has 0 bridgehead atoms. The van der Waals surface area contributed by atoms with Crippen LogP contribution in [0.1, 0.15) is 55.6 Å². The third kappa shape index (κ3) is 1.56. The molecule has 15 heavy (non-hydrogen) atoms. The molecule has 1 N–H and O–H groups in total. The lowest BCUT2D eigenvalue weighted by Gasteiger charge is -2.42. The van der Waals surface area contributed by atoms with Crippen LogP contribution in [0.2, 0.25) is 0 Å². The zero-order valence-corrected chi connectivity index (χ0v) is 10.1. The van der Waals surface area contributed by atoms with Crippen LogP contribution in [0.3, 0.4) is 0 Å². The first kappa shape index (κ1) is 8.81. The van der Waals surface area contributed by atoms with Crippen LogP contribution in [0.4, 0.5) is 0 Å². The summed E-state index contributed by atoms with van der Waals surface area (Å²) >= 11 is 0. The molecule has 2 rings (SSSR count). The van der Waals surface area contributed by atoms with Crippen molar-refractivity contribution in [2.75, 3.05) is 0 Å². The molecule has 0 amide bonds. The Morgan fingerprint density at radius 2 is 2.27 bits per heavy atom. The number of fused-ring (bicyclic) bond motifs is 1. The zero-order chi connectivity index (χ0) is 12.9. The van der Waals surface area contributed by atoms with Crippen LogP contribution in [-0.4, -0.2) is 10.7 Å². The van der Waals surface area contributed by atoms with Crippen molar-refractivity contribution < 1.29 is 7.85 Å². The van der Waals surface area contributed by atoms with Crippen LogP contribution in [-0.2, 0) is 0 Å². The molecule has 3 atom stereocenters. The fraction of sp³-hybridized carbons (Fsp3) is 0.857. The lowest BCUT2D eigenvalue weighted by Crippen LogP contribution is -2.44. The highest BCUT2D eigenvalue weighted by Crippen LogP contribution is 2.57. The Hall–Kier alpha value is -0.300. The summed E-state index contributed by atoms with van der Waals surface area (Å²) in [6.07, 6.45) is 5.61. The van der Waals surface area contributed by atoms with Gasteiger partial charge in [-0.15, -0.1) is 0 Å². The Kier molecular flexibility index (Phi) is 2.13. The predicted octanol–water partition coefficient (Wildman–Crippen LogP) is 3.53. The van der Waals surface area contributed by atoms with E-state index in [1.54, 1.807) is 6.08 Å². The first-order chi connectivity index (χ1) is 7.75. The van der Waals surface area contributed by atoms with Gasteiger partial charge in [0.25, 0.3) is 0 Å². The van der Waals surface area contributed by atoms with E-state index in [2.05, 4.69) is 20.8 Å². The monoisotopic (exact) mass is 210 g/mol. The smallest absolute Gasteiger partial charge is 0.0883 e. The molecule has 2 aliphatic rings. The molecule has 1 nitrogen and oxygen atoms in total. The summed E-state index contributed by atoms with van der Waals surface area (Å²) in [5.41, 5.74) is -1.61. The van der Waals surface area contributed by atoms with Crippen molar-refractivity contribution in [1.82, 2.24) is 0 Å². The van der Waals surface area contributed by atoms with E-state index in [1.807, 2.05) is 6.08 Å². The Bertz CT molecular complexity index is 337. The van der Waals surface area contributed by atoms with Gasteiger partial charge in [0.2, 0.25) is 0 Å². The molecule has 0 aromatic carbocycles. The van der Waals surface area contributed by atoms with E-state index in [1.165, 1.54) is 0 Å². The van der Waals surface area contributed by atoms with Crippen molar-refractivity contribution in [3.63, 3.8) is 0 Å². The second-order valence-electron chi connectivity index (χ2n) is 5.71. The average Bonchev–Trinajstić information content (AvgIpc) is 2.36. The second kappa shape index (κ2) is 3.62. The van der Waals surface area contributed by atoms with Gasteiger partial charge >= 0.3 is 0 Å². The number of rotatable bonds is 1. The Labute approximate surface area is 96.4 Å². The molecule has 0 spiro atoms. The molecule has 0 saturated heterocycles. The molecule has 1 saturated carbocycles. The first-order valence-corrected chi connectivity index (χ1v) is 6.15. The van der Waals surface area contributed by atoms with Crippen molar-refractivity contribution in [3.8, 4) is 0 Å². The van der Waals surface area contributed by atoms with Crippen LogP contribution >= 0.6 is 0 Å². The third-order valence-corrected chi connectivity index (χ3v) is 4.51. The van der Waals surface area contributed by atoms with E-state index in [-0.39, 0.29) is 11.3 Å². The van der Waals surface area contributed by atoms with E-state index in [9.17, 15) is 5.11 Å². The summed E-state index contributed by atoms with van der Waals surface area (Å²) in [5, 5.41) is 10.9. The van der Waals surface area contributed by atoms with E-state index in [4.69, 9.17) is 2.74 Å². The molecule has 0 aromatic heterocycles. The van der Waals surface area contributed by atoms with Gasteiger partial charge < -0.3 is 5.11 Å². The fourth-order valence-corrected chi connectivity index (χ4v) is 3.41. The fourth-order valence-electron chi connectivity index (χ4n) is 3.41. The largest absolute Gasteiger partial charge is 0.385 e. The van der Waals surface area contributed by atoms with Gasteiger partial charge in [-0.3, -0.25) is 0 Å². The summed E-state index contributed by atoms with van der Waals surface area (Å²) < 4.78 is 16.4. The third-order valence-electron chi connectivity index (χ3n) is 4.51. The maximum Gasteiger partial charge on any atom is 0.0883 e. The van der Waals surface area contributed by atoms with Gasteiger partial charge in [-0.1, -0.05) is 32.9 Å². The second-order valence-corrected chi connectivity index (χ2v) is 5.71. The molecular formula is C14H24O. The number of hydrogen-bond acceptors (Lipinski definition) is 1. The van der Waals surface area contributed by atoms with E-state index in [0.717, 1.165) is 19.3 Å². The van der Waals surface area contributed by atoms with Crippen molar-refractivity contribution in [2.24, 2.45) is 17.3 Å². The molecule has 0 aliphatic heterocycles. The highest BCUT2D eigenvalue weighted by Gasteiger charge is 2.55. The van der Waals surface area contributed by atoms with Gasteiger partial charge in [0.15, 0.2) is 0 Å². The number of aliphatic hydroxyl groups is 1. The van der Waals surface area contributed by atoms with E-state index in [0.29, 0.717) is 12.3 Å². The van der Waals surface area contributed by atoms with Gasteiger partial charge in [0.1, 0.15) is 0 Å². The minimum absolute atomic E-state index is 0.255. The molecule has 86 valence electrons. The molecule has 0 radical (unpaired) electrons. The maximum absolute atomic E-state index is 10.9. The van der Waals surface area contributed by atoms with Gasteiger partial charge in [-0.2, -0.15) is 0 Å². The average molecular weight is 210 g/mol. The SMILES string of the molecule is [2H]C1([2H])C[C@H](C(C)C)[C@@]2(C)CCCC=CC12O. The standard InChI is InChI=1S/C14H24O/c1-11(2)12-7-10-14(15)9-6-4-5-8-13(12,14)3/h6,9,11-12,15H,4-5,7-8,10H2,1-3H3/t12-,13-,14?/m1/s1/i10D2. The summed E-state index contributed by atoms with van der Waals surface area (Å²) in [4.78, 5) is 0. The minimum atomic E-state index is -1.50. The highest BCUT2D eigenvalue weighted by molar-refractivity contribution is 5.17. The molecule has 1 heteroatoms. The van der Waals surface area contributed by atoms with Crippen LogP contribution in [0, 0.1) is 17.3 Å². The van der Waals surface area contributed by atoms with Crippen molar-refractivity contribution in [2.45, 2.75) is 58.4 Å². The summed E-state index contributed by atoms with van der Waals surface area (Å²) in [7, 11) is 0. The van der Waals surface area contributed by atoms with Crippen LogP contribution in [0.25, 0.3) is 0 Å². The molecular weight excluding hydrogens is 184 g/mol. The van der Waals surface area contributed by atoms with Crippen LogP contribution in [0.15, 0.2) is 12.2 Å². The maximum atomic E-state index is 10.9. The molecule has 1 unspecified atom stereocenters. The van der Waals surface area contributed by atoms with E-state index >= 15 is 0 Å². The van der Waals surface area contributed by atoms with E-state index < -0.39 is 12.0 Å². The summed E-state index contributed by atoms with van der Waals surface area (Å²) in [6, 6.07) is 0. The quantitative estimate of drug-likeness (QED) is 0.656. The Morgan fingerprint density at radius 3 is 2.93 bits per heavy atom. The lowest BCUT2D eigenvalue weighted by molar-refractivity contribution is -0.0415. The van der Waals surface area contributed by atoms with Crippen LogP contribution in [0.5, 0.6) is 0 Å². The van der Waals surface area contributed by atoms with Crippen LogP contribution < -0.4 is 0 Å². The Morgan fingerprint density at radius 1 is 1.53 bits per heavy atom. The van der Waals surface area contributed by atoms with Gasteiger partial charge in [-0.25, -0.2) is 0 Å². The number of hydrogen-bond donors (Lipinski definition) is 1. The Balaban J connectivity index is 2.52. The summed E-state index contributed by atoms with van der Waals surface area (Å²) in [6.45, 7) is 6.37. The highest BCUT2D eigenvalue weighted by atomic mass is 16.3. The molecule has 2 aliphatic carbocycles. The first-order valence-electron chi connectivity index (χ1n) is 7.15. The lowest BCUT2D eigenvalue weighted by atomic mass is 9.65. The van der Waals surface area contributed by atoms with Crippen molar-refractivity contribution in [1.29, 1.82) is 0 Å². The van der Waals surface area contributed by atoms with Crippen molar-refractivity contribution >= 4 is 0 Å². The normalized spacial score (nSPS) is 50.9. The zero-order valence-electron chi connectivity index (χ0n) is 12.1.